The Morgan fingerprint density at radius 1 is 1.19 bits per heavy atom. The van der Waals surface area contributed by atoms with Crippen molar-refractivity contribution in [3.8, 4) is 0 Å². The van der Waals surface area contributed by atoms with E-state index in [9.17, 15) is 10.1 Å². The van der Waals surface area contributed by atoms with Gasteiger partial charge in [-0.2, -0.15) is 0 Å². The van der Waals surface area contributed by atoms with E-state index >= 15 is 0 Å². The highest BCUT2D eigenvalue weighted by molar-refractivity contribution is 9.10. The average Bonchev–Trinajstić information content (AvgIpc) is 2.71. The van der Waals surface area contributed by atoms with Gasteiger partial charge < -0.3 is 0 Å². The van der Waals surface area contributed by atoms with Crippen molar-refractivity contribution in [1.29, 1.82) is 0 Å². The molecule has 0 radical (unpaired) electrons. The molecule has 1 aliphatic heterocycles. The van der Waals surface area contributed by atoms with Crippen molar-refractivity contribution in [3.63, 3.8) is 0 Å². The number of hydrogen-bond acceptors (Lipinski definition) is 4. The summed E-state index contributed by atoms with van der Waals surface area (Å²) in [6.07, 6.45) is 0. The molecule has 1 unspecified atom stereocenters. The molecule has 4 nitrogen and oxygen atoms in total. The molecule has 2 aromatic rings. The van der Waals surface area contributed by atoms with Crippen molar-refractivity contribution in [1.82, 2.24) is 0 Å². The number of para-hydroxylation sites is 1. The monoisotopic (exact) mass is 362 g/mol. The number of nitrogens with zero attached hydrogens (tertiary/aromatic N) is 2. The third-order valence-electron chi connectivity index (χ3n) is 3.40. The van der Waals surface area contributed by atoms with Crippen LogP contribution in [0.25, 0.3) is 0 Å². The second-order valence-electron chi connectivity index (χ2n) is 4.79. The molecule has 0 bridgehead atoms. The van der Waals surface area contributed by atoms with Gasteiger partial charge in [0.25, 0.3) is 11.9 Å². The Balaban J connectivity index is 2.13. The van der Waals surface area contributed by atoms with E-state index in [0.717, 1.165) is 22.5 Å². The second kappa shape index (κ2) is 5.27. The number of nitro groups is 1. The average molecular weight is 363 g/mol. The largest absolute Gasteiger partial charge is 0.266 e. The van der Waals surface area contributed by atoms with Crippen molar-refractivity contribution in [3.05, 3.63) is 69.8 Å². The number of aliphatic imine (C=N–C) groups is 1. The molecular weight excluding hydrogens is 352 g/mol. The molecule has 0 N–H and O–H groups in total. The molecule has 106 valence electrons. The van der Waals surface area contributed by atoms with Gasteiger partial charge in [-0.15, -0.1) is 0 Å². The molecule has 0 aromatic heterocycles. The van der Waals surface area contributed by atoms with Gasteiger partial charge in [0, 0.05) is 11.1 Å². The van der Waals surface area contributed by atoms with Gasteiger partial charge >= 0.3 is 0 Å². The molecule has 2 aromatic carbocycles. The smallest absolute Gasteiger partial charge is 0.251 e. The highest BCUT2D eigenvalue weighted by Crippen LogP contribution is 2.47. The first-order valence-corrected chi connectivity index (χ1v) is 7.86. The van der Waals surface area contributed by atoms with Crippen molar-refractivity contribution in [2.75, 3.05) is 0 Å². The van der Waals surface area contributed by atoms with Crippen molar-refractivity contribution < 1.29 is 4.33 Å². The fourth-order valence-corrected chi connectivity index (χ4v) is 3.66. The van der Waals surface area contributed by atoms with Crippen molar-refractivity contribution >= 4 is 39.3 Å². The first-order chi connectivity index (χ1) is 10.00. The zero-order valence-corrected chi connectivity index (χ0v) is 13.5. The Morgan fingerprint density at radius 2 is 1.86 bits per heavy atom. The van der Waals surface area contributed by atoms with Crippen LogP contribution in [0.2, 0.25) is 0 Å². The summed E-state index contributed by atoms with van der Waals surface area (Å²) >= 11 is 4.35. The molecule has 0 spiro atoms. The van der Waals surface area contributed by atoms with Gasteiger partial charge in [0.1, 0.15) is 4.33 Å². The molecule has 0 fully saturated rings. The number of hydrogen-bond donors (Lipinski definition) is 0. The van der Waals surface area contributed by atoms with Crippen LogP contribution in [0.3, 0.4) is 0 Å². The van der Waals surface area contributed by atoms with Gasteiger partial charge in [-0.05, 0) is 19.1 Å². The highest BCUT2D eigenvalue weighted by atomic mass is 79.9. The molecule has 1 aliphatic rings. The summed E-state index contributed by atoms with van der Waals surface area (Å²) in [5.41, 5.74) is 3.55. The maximum Gasteiger partial charge on any atom is 0.266 e. The minimum Gasteiger partial charge on any atom is -0.251 e. The van der Waals surface area contributed by atoms with Crippen molar-refractivity contribution in [2.45, 2.75) is 16.1 Å². The molecule has 0 amide bonds. The van der Waals surface area contributed by atoms with Crippen LogP contribution in [0.1, 0.15) is 18.1 Å². The normalized spacial score (nSPS) is 20.0. The highest BCUT2D eigenvalue weighted by Gasteiger charge is 2.38. The first kappa shape index (κ1) is 14.3. The fourth-order valence-electron chi connectivity index (χ4n) is 2.46. The third kappa shape index (κ3) is 2.49. The molecule has 1 heterocycles. The lowest BCUT2D eigenvalue weighted by molar-refractivity contribution is -0.284. The number of benzene rings is 2. The van der Waals surface area contributed by atoms with Crippen LogP contribution in [0.4, 0.5) is 5.69 Å². The standard InChI is InChI=1S/C15H11BrN2O2S/c1-15(16)11-7-3-4-8-12(11)17-14(15)10-6-2-5-9-13(10)21-18(19)20/h2-9H,1H3. The summed E-state index contributed by atoms with van der Waals surface area (Å²) in [6, 6.07) is 15.2. The SMILES string of the molecule is CC1(Br)C(c2ccccc2S[N+](=O)[O-])=Nc2ccccc21. The van der Waals surface area contributed by atoms with Gasteiger partial charge in [0.2, 0.25) is 0 Å². The maximum absolute atomic E-state index is 10.8. The number of alkyl halides is 1. The summed E-state index contributed by atoms with van der Waals surface area (Å²) in [5, 5.41) is 10.8. The summed E-state index contributed by atoms with van der Waals surface area (Å²) in [6.45, 7) is 2.02. The van der Waals surface area contributed by atoms with Gasteiger partial charge in [-0.25, -0.2) is 0 Å². The van der Waals surface area contributed by atoms with E-state index < -0.39 is 8.65 Å². The van der Waals surface area contributed by atoms with Crippen LogP contribution >= 0.6 is 27.9 Å². The van der Waals surface area contributed by atoms with Crippen LogP contribution in [-0.2, 0) is 4.32 Å². The predicted octanol–water partition coefficient (Wildman–Crippen LogP) is 4.71. The lowest BCUT2D eigenvalue weighted by Crippen LogP contribution is -2.23. The Labute approximate surface area is 134 Å². The topological polar surface area (TPSA) is 55.5 Å². The second-order valence-corrected chi connectivity index (χ2v) is 7.30. The van der Waals surface area contributed by atoms with Crippen LogP contribution in [0, 0.1) is 10.1 Å². The van der Waals surface area contributed by atoms with Crippen molar-refractivity contribution in [2.24, 2.45) is 4.99 Å². The van der Waals surface area contributed by atoms with E-state index in [2.05, 4.69) is 20.9 Å². The summed E-state index contributed by atoms with van der Waals surface area (Å²) < 4.78 is -0.843. The molecular formula is C15H11BrN2O2S. The Bertz CT molecular complexity index is 759. The number of halogens is 1. The van der Waals surface area contributed by atoms with E-state index in [0.29, 0.717) is 16.8 Å². The summed E-state index contributed by atoms with van der Waals surface area (Å²) in [7, 11) is 0. The van der Waals surface area contributed by atoms with Crippen LogP contribution < -0.4 is 0 Å². The van der Waals surface area contributed by atoms with E-state index in [1.54, 1.807) is 12.1 Å². The minimum atomic E-state index is -0.448. The third-order valence-corrected chi connectivity index (χ3v) is 4.91. The van der Waals surface area contributed by atoms with Gasteiger partial charge in [0.05, 0.1) is 20.6 Å². The summed E-state index contributed by atoms with van der Waals surface area (Å²) in [4.78, 5) is 16.1. The molecule has 1 atom stereocenters. The van der Waals surface area contributed by atoms with E-state index in [1.807, 2.05) is 43.3 Å². The quantitative estimate of drug-likeness (QED) is 0.343. The van der Waals surface area contributed by atoms with Crippen LogP contribution in [0.15, 0.2) is 58.4 Å². The Morgan fingerprint density at radius 3 is 2.57 bits per heavy atom. The summed E-state index contributed by atoms with van der Waals surface area (Å²) in [5.74, 6) is 0. The molecule has 0 saturated heterocycles. The lowest BCUT2D eigenvalue weighted by atomic mass is 9.93. The van der Waals surface area contributed by atoms with Gasteiger partial charge in [-0.1, -0.05) is 52.3 Å². The first-order valence-electron chi connectivity index (χ1n) is 6.29. The van der Waals surface area contributed by atoms with Crippen LogP contribution in [-0.4, -0.2) is 10.0 Å². The molecule has 0 saturated carbocycles. The number of rotatable bonds is 3. The van der Waals surface area contributed by atoms with Crippen LogP contribution in [0.5, 0.6) is 0 Å². The van der Waals surface area contributed by atoms with Gasteiger partial charge in [-0.3, -0.25) is 15.1 Å². The zero-order valence-electron chi connectivity index (χ0n) is 11.1. The maximum atomic E-state index is 10.8. The van der Waals surface area contributed by atoms with E-state index in [-0.39, 0.29) is 0 Å². The minimum absolute atomic E-state index is 0.396. The Kier molecular flexibility index (Phi) is 3.59. The van der Waals surface area contributed by atoms with E-state index in [1.165, 1.54) is 0 Å². The lowest BCUT2D eigenvalue weighted by Gasteiger charge is -2.20. The number of fused-ring (bicyclic) bond motifs is 1. The van der Waals surface area contributed by atoms with E-state index in [4.69, 9.17) is 0 Å². The van der Waals surface area contributed by atoms with Gasteiger partial charge in [0.15, 0.2) is 0 Å². The zero-order chi connectivity index (χ0) is 15.0. The molecule has 21 heavy (non-hydrogen) atoms. The molecule has 0 aliphatic carbocycles. The molecule has 3 rings (SSSR count). The Hall–Kier alpha value is -1.66. The predicted molar refractivity (Wildman–Crippen MR) is 88.2 cm³/mol. The molecule has 6 heteroatoms. The fraction of sp³-hybridized carbons (Fsp3) is 0.133.